The molecule has 0 atom stereocenters. The maximum Gasteiger partial charge on any atom is 0.416 e. The van der Waals surface area contributed by atoms with E-state index in [1.807, 2.05) is 30.3 Å². The molecule has 2 aromatic carbocycles. The van der Waals surface area contributed by atoms with Crippen molar-refractivity contribution in [3.8, 4) is 0 Å². The lowest BCUT2D eigenvalue weighted by Crippen LogP contribution is -2.33. The smallest absolute Gasteiger partial charge is 0.370 e. The summed E-state index contributed by atoms with van der Waals surface area (Å²) in [7, 11) is 0. The third-order valence-corrected chi connectivity index (χ3v) is 3.53. The van der Waals surface area contributed by atoms with E-state index >= 15 is 0 Å². The van der Waals surface area contributed by atoms with Gasteiger partial charge in [-0.05, 0) is 36.1 Å². The molecule has 0 saturated carbocycles. The van der Waals surface area contributed by atoms with Gasteiger partial charge in [0, 0.05) is 13.1 Å². The highest BCUT2D eigenvalue weighted by molar-refractivity contribution is 5.77. The standard InChI is InChI=1S/C18H20F3N3/c19-18(20,21)16-8-6-15(7-9-16)11-13-24-17(22)23-12-10-14-4-2-1-3-5-14/h1-9H,10-13H2,(H3,22,23,24). The third-order valence-electron chi connectivity index (χ3n) is 3.53. The first-order valence-corrected chi connectivity index (χ1v) is 7.69. The van der Waals surface area contributed by atoms with E-state index in [4.69, 9.17) is 5.73 Å². The van der Waals surface area contributed by atoms with Gasteiger partial charge in [0.25, 0.3) is 0 Å². The Morgan fingerprint density at radius 3 is 2.17 bits per heavy atom. The second kappa shape index (κ2) is 8.38. The van der Waals surface area contributed by atoms with Crippen LogP contribution in [0, 0.1) is 0 Å². The van der Waals surface area contributed by atoms with E-state index in [0.29, 0.717) is 25.5 Å². The van der Waals surface area contributed by atoms with Crippen molar-refractivity contribution in [2.45, 2.75) is 19.0 Å². The minimum Gasteiger partial charge on any atom is -0.370 e. The van der Waals surface area contributed by atoms with Crippen LogP contribution in [-0.2, 0) is 19.0 Å². The second-order valence-electron chi connectivity index (χ2n) is 5.37. The number of aliphatic imine (C=N–C) groups is 1. The molecule has 24 heavy (non-hydrogen) atoms. The van der Waals surface area contributed by atoms with E-state index in [1.165, 1.54) is 17.7 Å². The summed E-state index contributed by atoms with van der Waals surface area (Å²) in [5.74, 6) is 0.345. The average molecular weight is 335 g/mol. The van der Waals surface area contributed by atoms with Crippen molar-refractivity contribution in [1.82, 2.24) is 5.32 Å². The van der Waals surface area contributed by atoms with E-state index < -0.39 is 11.7 Å². The van der Waals surface area contributed by atoms with Gasteiger partial charge in [0.2, 0.25) is 0 Å². The molecule has 2 aromatic rings. The molecule has 0 fully saturated rings. The fourth-order valence-corrected chi connectivity index (χ4v) is 2.20. The molecule has 0 aliphatic rings. The van der Waals surface area contributed by atoms with Crippen LogP contribution in [0.15, 0.2) is 59.6 Å². The molecular weight excluding hydrogens is 315 g/mol. The highest BCUT2D eigenvalue weighted by Crippen LogP contribution is 2.29. The van der Waals surface area contributed by atoms with Gasteiger partial charge in [-0.15, -0.1) is 0 Å². The van der Waals surface area contributed by atoms with Crippen LogP contribution in [0.2, 0.25) is 0 Å². The van der Waals surface area contributed by atoms with Crippen LogP contribution in [0.25, 0.3) is 0 Å². The SMILES string of the molecule is NC(=NCCc1ccc(C(F)(F)F)cc1)NCCc1ccccc1. The van der Waals surface area contributed by atoms with Crippen molar-refractivity contribution in [3.63, 3.8) is 0 Å². The van der Waals surface area contributed by atoms with Gasteiger partial charge < -0.3 is 11.1 Å². The van der Waals surface area contributed by atoms with Crippen molar-refractivity contribution in [1.29, 1.82) is 0 Å². The summed E-state index contributed by atoms with van der Waals surface area (Å²) in [6.45, 7) is 1.11. The normalized spacial score (nSPS) is 12.2. The molecule has 3 nitrogen and oxygen atoms in total. The monoisotopic (exact) mass is 335 g/mol. The van der Waals surface area contributed by atoms with Gasteiger partial charge in [0.15, 0.2) is 5.96 Å². The molecule has 0 saturated heterocycles. The molecule has 6 heteroatoms. The number of rotatable bonds is 6. The first kappa shape index (κ1) is 17.8. The molecular formula is C18H20F3N3. The lowest BCUT2D eigenvalue weighted by Gasteiger charge is -2.07. The first-order valence-electron chi connectivity index (χ1n) is 7.69. The van der Waals surface area contributed by atoms with Gasteiger partial charge >= 0.3 is 6.18 Å². The Hall–Kier alpha value is -2.50. The molecule has 0 unspecified atom stereocenters. The number of halogens is 3. The van der Waals surface area contributed by atoms with Crippen LogP contribution in [0.1, 0.15) is 16.7 Å². The Bertz CT molecular complexity index is 649. The Morgan fingerprint density at radius 2 is 1.54 bits per heavy atom. The molecule has 0 aliphatic heterocycles. The maximum absolute atomic E-state index is 12.5. The molecule has 0 radical (unpaired) electrons. The van der Waals surface area contributed by atoms with Gasteiger partial charge in [0.05, 0.1) is 5.56 Å². The molecule has 0 aromatic heterocycles. The number of alkyl halides is 3. The Labute approximate surface area is 139 Å². The van der Waals surface area contributed by atoms with E-state index in [-0.39, 0.29) is 0 Å². The molecule has 0 bridgehead atoms. The minimum atomic E-state index is -4.30. The molecule has 128 valence electrons. The topological polar surface area (TPSA) is 50.4 Å². The molecule has 0 heterocycles. The van der Waals surface area contributed by atoms with Crippen LogP contribution in [0.5, 0.6) is 0 Å². The maximum atomic E-state index is 12.5. The zero-order valence-corrected chi connectivity index (χ0v) is 13.2. The summed E-state index contributed by atoms with van der Waals surface area (Å²) in [4.78, 5) is 4.18. The van der Waals surface area contributed by atoms with Crippen LogP contribution in [0.4, 0.5) is 13.2 Å². The zero-order valence-electron chi connectivity index (χ0n) is 13.2. The van der Waals surface area contributed by atoms with Gasteiger partial charge in [-0.25, -0.2) is 0 Å². The highest BCUT2D eigenvalue weighted by atomic mass is 19.4. The fraction of sp³-hybridized carbons (Fsp3) is 0.278. The summed E-state index contributed by atoms with van der Waals surface area (Å²) in [6, 6.07) is 15.1. The number of nitrogens with zero attached hydrogens (tertiary/aromatic N) is 1. The van der Waals surface area contributed by atoms with Crippen molar-refractivity contribution in [2.75, 3.05) is 13.1 Å². The van der Waals surface area contributed by atoms with Crippen molar-refractivity contribution in [2.24, 2.45) is 10.7 Å². The summed E-state index contributed by atoms with van der Waals surface area (Å²) in [6.07, 6.45) is -2.92. The quantitative estimate of drug-likeness (QED) is 0.628. The Morgan fingerprint density at radius 1 is 0.917 bits per heavy atom. The van der Waals surface area contributed by atoms with Gasteiger partial charge in [-0.2, -0.15) is 13.2 Å². The lowest BCUT2D eigenvalue weighted by atomic mass is 10.1. The number of hydrogen-bond acceptors (Lipinski definition) is 1. The predicted octanol–water partition coefficient (Wildman–Crippen LogP) is 3.39. The van der Waals surface area contributed by atoms with Crippen LogP contribution >= 0.6 is 0 Å². The lowest BCUT2D eigenvalue weighted by molar-refractivity contribution is -0.137. The minimum absolute atomic E-state index is 0.345. The first-order chi connectivity index (χ1) is 11.4. The van der Waals surface area contributed by atoms with E-state index in [9.17, 15) is 13.2 Å². The number of hydrogen-bond donors (Lipinski definition) is 2. The summed E-state index contributed by atoms with van der Waals surface area (Å²) >= 11 is 0. The summed E-state index contributed by atoms with van der Waals surface area (Å²) in [5, 5.41) is 3.03. The largest absolute Gasteiger partial charge is 0.416 e. The number of benzene rings is 2. The summed E-state index contributed by atoms with van der Waals surface area (Å²) in [5.41, 5.74) is 7.14. The zero-order chi connectivity index (χ0) is 17.4. The fourth-order valence-electron chi connectivity index (χ4n) is 2.20. The van der Waals surface area contributed by atoms with Gasteiger partial charge in [0.1, 0.15) is 0 Å². The third kappa shape index (κ3) is 5.95. The van der Waals surface area contributed by atoms with E-state index in [2.05, 4.69) is 10.3 Å². The Balaban J connectivity index is 1.72. The van der Waals surface area contributed by atoms with Crippen LogP contribution in [-0.4, -0.2) is 19.0 Å². The molecule has 0 spiro atoms. The average Bonchev–Trinajstić information content (AvgIpc) is 2.55. The van der Waals surface area contributed by atoms with Crippen LogP contribution < -0.4 is 11.1 Å². The molecule has 0 aliphatic carbocycles. The summed E-state index contributed by atoms with van der Waals surface area (Å²) < 4.78 is 37.4. The second-order valence-corrected chi connectivity index (χ2v) is 5.37. The molecule has 3 N–H and O–H groups in total. The molecule has 0 amide bonds. The number of guanidine groups is 1. The van der Waals surface area contributed by atoms with E-state index in [0.717, 1.165) is 24.1 Å². The number of nitrogens with two attached hydrogens (primary N) is 1. The predicted molar refractivity (Wildman–Crippen MR) is 89.8 cm³/mol. The van der Waals surface area contributed by atoms with Crippen molar-refractivity contribution in [3.05, 3.63) is 71.3 Å². The van der Waals surface area contributed by atoms with Gasteiger partial charge in [-0.3, -0.25) is 4.99 Å². The van der Waals surface area contributed by atoms with E-state index in [1.54, 1.807) is 0 Å². The molecule has 2 rings (SSSR count). The van der Waals surface area contributed by atoms with Crippen molar-refractivity contribution >= 4 is 5.96 Å². The van der Waals surface area contributed by atoms with Crippen LogP contribution in [0.3, 0.4) is 0 Å². The van der Waals surface area contributed by atoms with Crippen molar-refractivity contribution < 1.29 is 13.2 Å². The van der Waals surface area contributed by atoms with Gasteiger partial charge in [-0.1, -0.05) is 42.5 Å². The number of nitrogens with one attached hydrogen (secondary N) is 1. The highest BCUT2D eigenvalue weighted by Gasteiger charge is 2.29. The Kier molecular flexibility index (Phi) is 6.23.